The van der Waals surface area contributed by atoms with Gasteiger partial charge in [-0.25, -0.2) is 19.2 Å². The highest BCUT2D eigenvalue weighted by Crippen LogP contribution is 2.44. The van der Waals surface area contributed by atoms with Crippen LogP contribution in [-0.4, -0.2) is 68.8 Å². The predicted molar refractivity (Wildman–Crippen MR) is 142 cm³/mol. The largest absolute Gasteiger partial charge is 0.465 e. The van der Waals surface area contributed by atoms with Gasteiger partial charge in [0.05, 0.1) is 16.8 Å². The van der Waals surface area contributed by atoms with E-state index in [1.54, 1.807) is 11.0 Å². The number of rotatable bonds is 5. The Morgan fingerprint density at radius 2 is 1.92 bits per heavy atom. The van der Waals surface area contributed by atoms with Gasteiger partial charge in [0.2, 0.25) is 5.91 Å². The van der Waals surface area contributed by atoms with Crippen molar-refractivity contribution in [2.24, 2.45) is 5.41 Å². The fourth-order valence-electron chi connectivity index (χ4n) is 5.92. The first kappa shape index (κ1) is 28.0. The van der Waals surface area contributed by atoms with Crippen LogP contribution in [0.3, 0.4) is 0 Å². The molecule has 1 unspecified atom stereocenters. The van der Waals surface area contributed by atoms with Crippen molar-refractivity contribution in [2.75, 3.05) is 24.5 Å². The topological polar surface area (TPSA) is 119 Å². The van der Waals surface area contributed by atoms with Crippen LogP contribution in [0.15, 0.2) is 24.5 Å². The van der Waals surface area contributed by atoms with E-state index in [9.17, 15) is 24.2 Å². The van der Waals surface area contributed by atoms with Crippen LogP contribution in [0.25, 0.3) is 0 Å². The number of benzene rings is 1. The Morgan fingerprint density at radius 1 is 1.21 bits per heavy atom. The van der Waals surface area contributed by atoms with Gasteiger partial charge in [-0.1, -0.05) is 45.4 Å². The van der Waals surface area contributed by atoms with Gasteiger partial charge in [0.1, 0.15) is 24.0 Å². The number of hydrogen-bond acceptors (Lipinski definition) is 6. The van der Waals surface area contributed by atoms with Crippen molar-refractivity contribution >= 4 is 29.4 Å². The molecule has 1 saturated heterocycles. The maximum Gasteiger partial charge on any atom is 0.405 e. The normalized spacial score (nSPS) is 23.1. The van der Waals surface area contributed by atoms with E-state index in [-0.39, 0.29) is 22.9 Å². The lowest BCUT2D eigenvalue weighted by Crippen LogP contribution is -2.60. The van der Waals surface area contributed by atoms with E-state index in [4.69, 9.17) is 11.6 Å². The molecule has 2 aliphatic rings. The smallest absolute Gasteiger partial charge is 0.405 e. The highest BCUT2D eigenvalue weighted by molar-refractivity contribution is 6.30. The molecule has 1 aromatic heterocycles. The number of nitrogens with zero attached hydrogens (tertiary/aromatic N) is 4. The third kappa shape index (κ3) is 5.42. The number of aromatic nitrogens is 2. The molecule has 1 aliphatic heterocycles. The summed E-state index contributed by atoms with van der Waals surface area (Å²) in [7, 11) is 0. The van der Waals surface area contributed by atoms with Crippen LogP contribution in [0.1, 0.15) is 75.8 Å². The molecule has 2 aromatic rings. The number of nitrogens with one attached hydrogen (secondary N) is 1. The van der Waals surface area contributed by atoms with Crippen molar-refractivity contribution in [2.45, 2.75) is 71.1 Å². The third-order valence-corrected chi connectivity index (χ3v) is 7.91. The maximum absolute atomic E-state index is 14.4. The summed E-state index contributed by atoms with van der Waals surface area (Å²) < 4.78 is 14.4. The summed E-state index contributed by atoms with van der Waals surface area (Å²) in [5, 5.41) is 22.4. The standard InChI is InChI=1S/C27H35ClFN5O4/c1-14-10-19(35)22-20(14)24(31-13-30-22)34-9-8-33(12-15(34)2)25(36)23(32-26(37)38)21(27(3,4)5)16-6-7-17(28)18(29)11-16/h6-7,11,13-15,19,21,23,32,35H,8-10,12H2,1-5H3,(H,37,38)/t14-,15+,19-,21-,23?/m1/s1. The van der Waals surface area contributed by atoms with Gasteiger partial charge in [0.15, 0.2) is 0 Å². The molecule has 0 spiro atoms. The van der Waals surface area contributed by atoms with Gasteiger partial charge in [0, 0.05) is 37.2 Å². The number of carbonyl (C=O) groups excluding carboxylic acids is 1. The molecule has 3 N–H and O–H groups in total. The zero-order valence-corrected chi connectivity index (χ0v) is 23.0. The minimum Gasteiger partial charge on any atom is -0.465 e. The minimum absolute atomic E-state index is 0.0431. The van der Waals surface area contributed by atoms with Gasteiger partial charge in [-0.15, -0.1) is 0 Å². The first-order chi connectivity index (χ1) is 17.8. The number of halogens is 2. The Hall–Kier alpha value is -2.98. The number of carboxylic acid groups (broad SMARTS) is 1. The number of carbonyl (C=O) groups is 2. The molecule has 206 valence electrons. The van der Waals surface area contributed by atoms with Gasteiger partial charge in [0.25, 0.3) is 0 Å². The maximum atomic E-state index is 14.4. The van der Waals surface area contributed by atoms with Crippen LogP contribution in [0, 0.1) is 11.2 Å². The van der Waals surface area contributed by atoms with Crippen LogP contribution >= 0.6 is 11.6 Å². The summed E-state index contributed by atoms with van der Waals surface area (Å²) >= 11 is 5.89. The highest BCUT2D eigenvalue weighted by Gasteiger charge is 2.43. The minimum atomic E-state index is -1.33. The molecule has 1 aromatic carbocycles. The van der Waals surface area contributed by atoms with Gasteiger partial charge < -0.3 is 25.3 Å². The number of aliphatic hydroxyl groups excluding tert-OH is 1. The van der Waals surface area contributed by atoms with E-state index in [0.29, 0.717) is 37.3 Å². The molecule has 4 rings (SSSR count). The molecule has 9 nitrogen and oxygen atoms in total. The van der Waals surface area contributed by atoms with E-state index < -0.39 is 35.4 Å². The quantitative estimate of drug-likeness (QED) is 0.510. The van der Waals surface area contributed by atoms with E-state index in [1.807, 2.05) is 34.6 Å². The molecular formula is C27H35ClFN5O4. The van der Waals surface area contributed by atoms with Gasteiger partial charge in [-0.2, -0.15) is 0 Å². The zero-order chi connectivity index (χ0) is 27.9. The highest BCUT2D eigenvalue weighted by atomic mass is 35.5. The average molecular weight is 548 g/mol. The summed E-state index contributed by atoms with van der Waals surface area (Å²) in [5.41, 5.74) is 1.49. The average Bonchev–Trinajstić information content (AvgIpc) is 3.13. The predicted octanol–water partition coefficient (Wildman–Crippen LogP) is 4.31. The van der Waals surface area contributed by atoms with Crippen molar-refractivity contribution in [3.63, 3.8) is 0 Å². The van der Waals surface area contributed by atoms with E-state index in [2.05, 4.69) is 20.2 Å². The van der Waals surface area contributed by atoms with Crippen LogP contribution < -0.4 is 10.2 Å². The number of anilines is 1. The molecule has 1 fully saturated rings. The Kier molecular flexibility index (Phi) is 7.86. The number of aliphatic hydroxyl groups is 1. The first-order valence-corrected chi connectivity index (χ1v) is 13.2. The number of fused-ring (bicyclic) bond motifs is 1. The number of amides is 2. The van der Waals surface area contributed by atoms with Crippen LogP contribution in [0.4, 0.5) is 15.0 Å². The Labute approximate surface area is 227 Å². The van der Waals surface area contributed by atoms with Crippen molar-refractivity contribution in [1.29, 1.82) is 0 Å². The molecule has 0 bridgehead atoms. The summed E-state index contributed by atoms with van der Waals surface area (Å²) in [6.07, 6.45) is 0.110. The van der Waals surface area contributed by atoms with E-state index >= 15 is 0 Å². The van der Waals surface area contributed by atoms with Crippen LogP contribution in [0.5, 0.6) is 0 Å². The van der Waals surface area contributed by atoms with Crippen molar-refractivity contribution in [3.05, 3.63) is 52.2 Å². The molecule has 11 heteroatoms. The summed E-state index contributed by atoms with van der Waals surface area (Å²) in [5.74, 6) is -0.772. The molecular weight excluding hydrogens is 513 g/mol. The lowest BCUT2D eigenvalue weighted by Gasteiger charge is -2.44. The molecule has 2 amide bonds. The van der Waals surface area contributed by atoms with E-state index in [1.165, 1.54) is 18.5 Å². The van der Waals surface area contributed by atoms with Crippen molar-refractivity contribution in [3.8, 4) is 0 Å². The van der Waals surface area contributed by atoms with Crippen molar-refractivity contribution < 1.29 is 24.2 Å². The van der Waals surface area contributed by atoms with Gasteiger partial charge in [-0.05, 0) is 42.4 Å². The number of hydrogen-bond donors (Lipinski definition) is 3. The molecule has 0 radical (unpaired) electrons. The second kappa shape index (κ2) is 10.6. The molecule has 5 atom stereocenters. The zero-order valence-electron chi connectivity index (χ0n) is 22.3. The molecule has 2 heterocycles. The second-order valence-electron chi connectivity index (χ2n) is 11.4. The Balaban J connectivity index is 1.61. The number of piperazine rings is 1. The molecule has 0 saturated carbocycles. The second-order valence-corrected chi connectivity index (χ2v) is 11.8. The van der Waals surface area contributed by atoms with Crippen LogP contribution in [-0.2, 0) is 4.79 Å². The van der Waals surface area contributed by atoms with E-state index in [0.717, 1.165) is 11.4 Å². The fourth-order valence-corrected chi connectivity index (χ4v) is 6.04. The lowest BCUT2D eigenvalue weighted by atomic mass is 9.71. The summed E-state index contributed by atoms with van der Waals surface area (Å²) in [4.78, 5) is 38.4. The third-order valence-electron chi connectivity index (χ3n) is 7.60. The SMILES string of the molecule is C[C@@H]1C[C@@H](O)c2ncnc(N3CCN(C(=O)C(NC(=O)O)[C@@H](c4ccc(Cl)c(F)c4)C(C)(C)C)C[C@@H]3C)c21. The van der Waals surface area contributed by atoms with Gasteiger partial charge >= 0.3 is 6.09 Å². The Morgan fingerprint density at radius 3 is 2.53 bits per heavy atom. The van der Waals surface area contributed by atoms with Crippen molar-refractivity contribution in [1.82, 2.24) is 20.2 Å². The first-order valence-electron chi connectivity index (χ1n) is 12.8. The summed E-state index contributed by atoms with van der Waals surface area (Å²) in [6, 6.07) is 3.07. The molecule has 1 aliphatic carbocycles. The fraction of sp³-hybridized carbons (Fsp3) is 0.556. The van der Waals surface area contributed by atoms with Gasteiger partial charge in [-0.3, -0.25) is 4.79 Å². The monoisotopic (exact) mass is 547 g/mol. The molecule has 38 heavy (non-hydrogen) atoms. The summed E-state index contributed by atoms with van der Waals surface area (Å²) in [6.45, 7) is 10.9. The Bertz CT molecular complexity index is 1220. The van der Waals surface area contributed by atoms with Crippen LogP contribution in [0.2, 0.25) is 5.02 Å². The lowest BCUT2D eigenvalue weighted by molar-refractivity contribution is -0.135.